The number of Topliss-reactive ketones (excluding diaryl/α,β-unsaturated/α-hetero) is 1. The molecule has 0 saturated heterocycles. The Balaban J connectivity index is 2.57. The Hall–Kier alpha value is -1.43. The lowest BCUT2D eigenvalue weighted by Crippen LogP contribution is -2.10. The fourth-order valence-corrected chi connectivity index (χ4v) is 2.05. The van der Waals surface area contributed by atoms with E-state index in [1.54, 1.807) is 6.92 Å². The molecule has 0 fully saturated rings. The van der Waals surface area contributed by atoms with E-state index in [0.29, 0.717) is 10.0 Å². The fraction of sp³-hybridized carbons (Fsp3) is 0.545. The van der Waals surface area contributed by atoms with Gasteiger partial charge >= 0.3 is 5.97 Å². The molecule has 0 bridgehead atoms. The second kappa shape index (κ2) is 6.34. The van der Waals surface area contributed by atoms with E-state index in [4.69, 9.17) is 4.74 Å². The minimum atomic E-state index is -0.496. The number of hydrogen-bond donors (Lipinski definition) is 1. The Morgan fingerprint density at radius 1 is 1.53 bits per heavy atom. The van der Waals surface area contributed by atoms with E-state index in [-0.39, 0.29) is 24.9 Å². The molecule has 0 radical (unpaired) electrons. The number of nitrogens with zero attached hydrogens (tertiary/aromatic N) is 1. The predicted molar refractivity (Wildman–Crippen MR) is 66.5 cm³/mol. The van der Waals surface area contributed by atoms with Gasteiger partial charge < -0.3 is 10.1 Å². The van der Waals surface area contributed by atoms with E-state index in [1.165, 1.54) is 17.5 Å². The zero-order valence-electron chi connectivity index (χ0n) is 10.1. The van der Waals surface area contributed by atoms with Crippen molar-refractivity contribution in [3.8, 4) is 0 Å². The van der Waals surface area contributed by atoms with Gasteiger partial charge in [-0.1, -0.05) is 11.3 Å². The van der Waals surface area contributed by atoms with Crippen LogP contribution in [0.2, 0.25) is 0 Å². The number of nitrogens with one attached hydrogen (secondary N) is 1. The van der Waals surface area contributed by atoms with E-state index < -0.39 is 5.97 Å². The van der Waals surface area contributed by atoms with Crippen molar-refractivity contribution in [2.75, 3.05) is 11.9 Å². The SMILES string of the molecule is CCOC(=O)CC(=O)c1cnc(NC(C)C)s1. The first-order valence-electron chi connectivity index (χ1n) is 5.44. The first-order chi connectivity index (χ1) is 8.02. The summed E-state index contributed by atoms with van der Waals surface area (Å²) in [7, 11) is 0. The quantitative estimate of drug-likeness (QED) is 0.479. The van der Waals surface area contributed by atoms with Crippen LogP contribution in [-0.2, 0) is 9.53 Å². The number of hydrogen-bond acceptors (Lipinski definition) is 6. The molecular weight excluding hydrogens is 240 g/mol. The highest BCUT2D eigenvalue weighted by Gasteiger charge is 2.15. The van der Waals surface area contributed by atoms with Crippen LogP contribution in [0.3, 0.4) is 0 Å². The molecule has 17 heavy (non-hydrogen) atoms. The smallest absolute Gasteiger partial charge is 0.313 e. The van der Waals surface area contributed by atoms with Crippen molar-refractivity contribution in [1.29, 1.82) is 0 Å². The van der Waals surface area contributed by atoms with Crippen molar-refractivity contribution in [2.24, 2.45) is 0 Å². The maximum Gasteiger partial charge on any atom is 0.313 e. The second-order valence-electron chi connectivity index (χ2n) is 3.73. The molecule has 0 atom stereocenters. The number of esters is 1. The Labute approximate surface area is 104 Å². The van der Waals surface area contributed by atoms with E-state index >= 15 is 0 Å². The van der Waals surface area contributed by atoms with Gasteiger partial charge in [0, 0.05) is 6.04 Å². The lowest BCUT2D eigenvalue weighted by atomic mass is 10.2. The topological polar surface area (TPSA) is 68.3 Å². The summed E-state index contributed by atoms with van der Waals surface area (Å²) >= 11 is 1.25. The lowest BCUT2D eigenvalue weighted by Gasteiger charge is -2.04. The highest BCUT2D eigenvalue weighted by molar-refractivity contribution is 7.17. The van der Waals surface area contributed by atoms with Gasteiger partial charge in [0.15, 0.2) is 10.9 Å². The van der Waals surface area contributed by atoms with Gasteiger partial charge in [-0.05, 0) is 20.8 Å². The Kier molecular flexibility index (Phi) is 5.09. The fourth-order valence-electron chi connectivity index (χ4n) is 1.15. The molecule has 0 spiro atoms. The van der Waals surface area contributed by atoms with Gasteiger partial charge in [0.2, 0.25) is 0 Å². The number of carbonyl (C=O) groups is 2. The van der Waals surface area contributed by atoms with Gasteiger partial charge in [0.05, 0.1) is 17.7 Å². The van der Waals surface area contributed by atoms with Gasteiger partial charge in [-0.2, -0.15) is 0 Å². The molecule has 1 aromatic heterocycles. The first-order valence-corrected chi connectivity index (χ1v) is 6.25. The molecule has 0 unspecified atom stereocenters. The molecule has 0 saturated carbocycles. The average Bonchev–Trinajstić information content (AvgIpc) is 2.65. The number of carbonyl (C=O) groups excluding carboxylic acids is 2. The maximum atomic E-state index is 11.7. The van der Waals surface area contributed by atoms with E-state index in [0.717, 1.165) is 0 Å². The number of aromatic nitrogens is 1. The highest BCUT2D eigenvalue weighted by atomic mass is 32.1. The number of rotatable bonds is 6. The summed E-state index contributed by atoms with van der Waals surface area (Å²) in [5.41, 5.74) is 0. The van der Waals surface area contributed by atoms with Crippen LogP contribution in [0.15, 0.2) is 6.20 Å². The average molecular weight is 256 g/mol. The molecule has 1 aromatic rings. The van der Waals surface area contributed by atoms with E-state index in [1.807, 2.05) is 13.8 Å². The number of ketones is 1. The third-order valence-electron chi connectivity index (χ3n) is 1.80. The highest BCUT2D eigenvalue weighted by Crippen LogP contribution is 2.20. The molecule has 0 aliphatic heterocycles. The molecule has 0 amide bonds. The van der Waals surface area contributed by atoms with Crippen molar-refractivity contribution in [3.05, 3.63) is 11.1 Å². The summed E-state index contributed by atoms with van der Waals surface area (Å²) in [5, 5.41) is 3.78. The minimum absolute atomic E-state index is 0.225. The van der Waals surface area contributed by atoms with Gasteiger partial charge in [0.25, 0.3) is 0 Å². The summed E-state index contributed by atoms with van der Waals surface area (Å²) in [6.07, 6.45) is 1.26. The van der Waals surface area contributed by atoms with Crippen molar-refractivity contribution in [1.82, 2.24) is 4.98 Å². The summed E-state index contributed by atoms with van der Waals surface area (Å²) in [4.78, 5) is 27.3. The molecule has 1 N–H and O–H groups in total. The first kappa shape index (κ1) is 13.6. The van der Waals surface area contributed by atoms with E-state index in [9.17, 15) is 9.59 Å². The van der Waals surface area contributed by atoms with Crippen molar-refractivity contribution in [3.63, 3.8) is 0 Å². The van der Waals surface area contributed by atoms with Crippen LogP contribution in [0.5, 0.6) is 0 Å². The van der Waals surface area contributed by atoms with Gasteiger partial charge in [-0.25, -0.2) is 4.98 Å². The van der Waals surface area contributed by atoms with Crippen LogP contribution < -0.4 is 5.32 Å². The number of anilines is 1. The Morgan fingerprint density at radius 2 is 2.24 bits per heavy atom. The van der Waals surface area contributed by atoms with Gasteiger partial charge in [-0.3, -0.25) is 9.59 Å². The van der Waals surface area contributed by atoms with Crippen LogP contribution >= 0.6 is 11.3 Å². The summed E-state index contributed by atoms with van der Waals surface area (Å²) in [6, 6.07) is 0.258. The lowest BCUT2D eigenvalue weighted by molar-refractivity contribution is -0.141. The monoisotopic (exact) mass is 256 g/mol. The van der Waals surface area contributed by atoms with Crippen LogP contribution in [0.4, 0.5) is 5.13 Å². The zero-order chi connectivity index (χ0) is 12.8. The standard InChI is InChI=1S/C11H16N2O3S/c1-4-16-10(15)5-8(14)9-6-12-11(17-9)13-7(2)3/h6-7H,4-5H2,1-3H3,(H,12,13). The van der Waals surface area contributed by atoms with Crippen molar-refractivity contribution in [2.45, 2.75) is 33.2 Å². The van der Waals surface area contributed by atoms with Crippen molar-refractivity contribution < 1.29 is 14.3 Å². The Morgan fingerprint density at radius 3 is 2.82 bits per heavy atom. The van der Waals surface area contributed by atoms with Gasteiger partial charge in [0.1, 0.15) is 6.42 Å². The van der Waals surface area contributed by atoms with Gasteiger partial charge in [-0.15, -0.1) is 0 Å². The van der Waals surface area contributed by atoms with E-state index in [2.05, 4.69) is 10.3 Å². The minimum Gasteiger partial charge on any atom is -0.466 e. The molecule has 1 heterocycles. The molecule has 94 valence electrons. The number of ether oxygens (including phenoxy) is 1. The molecule has 0 aromatic carbocycles. The summed E-state index contributed by atoms with van der Waals surface area (Å²) < 4.78 is 4.71. The second-order valence-corrected chi connectivity index (χ2v) is 4.76. The molecule has 5 nitrogen and oxygen atoms in total. The van der Waals surface area contributed by atoms with Crippen LogP contribution in [0.25, 0.3) is 0 Å². The van der Waals surface area contributed by atoms with Crippen LogP contribution in [0.1, 0.15) is 36.9 Å². The molecular formula is C11H16N2O3S. The molecule has 6 heteroatoms. The zero-order valence-corrected chi connectivity index (χ0v) is 11.0. The van der Waals surface area contributed by atoms with Crippen molar-refractivity contribution >= 4 is 28.2 Å². The Bertz CT molecular complexity index is 401. The molecule has 0 aliphatic rings. The van der Waals surface area contributed by atoms with Crippen LogP contribution in [0, 0.1) is 0 Å². The molecule has 1 rings (SSSR count). The third kappa shape index (κ3) is 4.52. The molecule has 0 aliphatic carbocycles. The van der Waals surface area contributed by atoms with Crippen LogP contribution in [-0.4, -0.2) is 29.4 Å². The maximum absolute atomic E-state index is 11.7. The largest absolute Gasteiger partial charge is 0.466 e. The third-order valence-corrected chi connectivity index (χ3v) is 2.77. The predicted octanol–water partition coefficient (Wildman–Crippen LogP) is 2.10. The summed E-state index contributed by atoms with van der Waals surface area (Å²) in [5.74, 6) is -0.748. The summed E-state index contributed by atoms with van der Waals surface area (Å²) in [6.45, 7) is 5.97. The number of thiazole rings is 1. The normalized spacial score (nSPS) is 10.4.